The number of anilines is 1. The quantitative estimate of drug-likeness (QED) is 0.680. The van der Waals surface area contributed by atoms with Gasteiger partial charge in [0, 0.05) is 0 Å². The third kappa shape index (κ3) is 1.30. The number of nitrogen functional groups attached to an aromatic ring is 1. The van der Waals surface area contributed by atoms with E-state index < -0.39 is 0 Å². The summed E-state index contributed by atoms with van der Waals surface area (Å²) in [6.45, 7) is 1.94. The topological polar surface area (TPSA) is 44.5 Å². The molecule has 0 aliphatic carbocycles. The van der Waals surface area contributed by atoms with Crippen LogP contribution in [-0.4, -0.2) is 14.2 Å². The van der Waals surface area contributed by atoms with Gasteiger partial charge in [-0.2, -0.15) is 0 Å². The monoisotopic (exact) mass is 167 g/mol. The van der Waals surface area contributed by atoms with Crippen LogP contribution in [0.1, 0.15) is 5.56 Å². The minimum absolute atomic E-state index is 0.556. The van der Waals surface area contributed by atoms with Gasteiger partial charge < -0.3 is 15.2 Å². The van der Waals surface area contributed by atoms with Crippen LogP contribution in [0.2, 0.25) is 0 Å². The Morgan fingerprint density at radius 3 is 2.33 bits per heavy atom. The van der Waals surface area contributed by atoms with Crippen molar-refractivity contribution in [3.05, 3.63) is 17.7 Å². The van der Waals surface area contributed by atoms with Crippen molar-refractivity contribution < 1.29 is 9.47 Å². The van der Waals surface area contributed by atoms with Crippen molar-refractivity contribution in [2.75, 3.05) is 20.0 Å². The molecule has 0 aliphatic heterocycles. The molecule has 0 heterocycles. The number of methoxy groups -OCH3 is 2. The van der Waals surface area contributed by atoms with Crippen molar-refractivity contribution >= 4 is 5.69 Å². The van der Waals surface area contributed by atoms with Gasteiger partial charge in [-0.1, -0.05) is 6.07 Å². The molecule has 0 aliphatic rings. The molecule has 0 bridgehead atoms. The van der Waals surface area contributed by atoms with Gasteiger partial charge in [-0.05, 0) is 18.6 Å². The van der Waals surface area contributed by atoms with Crippen molar-refractivity contribution in [2.45, 2.75) is 6.92 Å². The van der Waals surface area contributed by atoms with E-state index in [-0.39, 0.29) is 0 Å². The molecule has 1 aromatic rings. The van der Waals surface area contributed by atoms with Crippen molar-refractivity contribution in [3.8, 4) is 11.5 Å². The van der Waals surface area contributed by atoms with Gasteiger partial charge in [-0.15, -0.1) is 0 Å². The molecule has 1 rings (SSSR count). The summed E-state index contributed by atoms with van der Waals surface area (Å²) in [5.74, 6) is 1.34. The molecule has 66 valence electrons. The predicted octanol–water partition coefficient (Wildman–Crippen LogP) is 1.59. The SMILES string of the molecule is COc1ccc(C)c(OC)c1N. The summed E-state index contributed by atoms with van der Waals surface area (Å²) < 4.78 is 10.2. The second-order valence-corrected chi connectivity index (χ2v) is 2.53. The van der Waals surface area contributed by atoms with Crippen LogP contribution in [0, 0.1) is 6.92 Å². The van der Waals surface area contributed by atoms with E-state index in [1.54, 1.807) is 14.2 Å². The first-order valence-electron chi connectivity index (χ1n) is 3.67. The molecule has 3 nitrogen and oxygen atoms in total. The Hall–Kier alpha value is -1.38. The van der Waals surface area contributed by atoms with E-state index >= 15 is 0 Å². The molecule has 0 saturated carbocycles. The highest BCUT2D eigenvalue weighted by Gasteiger charge is 2.07. The van der Waals surface area contributed by atoms with E-state index in [1.807, 2.05) is 19.1 Å². The lowest BCUT2D eigenvalue weighted by atomic mass is 10.2. The van der Waals surface area contributed by atoms with Gasteiger partial charge in [0.1, 0.15) is 17.2 Å². The second kappa shape index (κ2) is 3.34. The fourth-order valence-corrected chi connectivity index (χ4v) is 1.14. The van der Waals surface area contributed by atoms with Crippen LogP contribution >= 0.6 is 0 Å². The first kappa shape index (κ1) is 8.71. The lowest BCUT2D eigenvalue weighted by molar-refractivity contribution is 0.396. The number of ether oxygens (including phenoxy) is 2. The van der Waals surface area contributed by atoms with Gasteiger partial charge in [0.05, 0.1) is 14.2 Å². The zero-order chi connectivity index (χ0) is 9.14. The van der Waals surface area contributed by atoms with Crippen molar-refractivity contribution in [1.82, 2.24) is 0 Å². The lowest BCUT2D eigenvalue weighted by Crippen LogP contribution is -1.98. The van der Waals surface area contributed by atoms with Gasteiger partial charge in [0.2, 0.25) is 0 Å². The zero-order valence-corrected chi connectivity index (χ0v) is 7.55. The fourth-order valence-electron chi connectivity index (χ4n) is 1.14. The molecule has 3 heteroatoms. The molecule has 2 N–H and O–H groups in total. The van der Waals surface area contributed by atoms with E-state index in [0.29, 0.717) is 17.2 Å². The average molecular weight is 167 g/mol. The molecule has 1 aromatic carbocycles. The van der Waals surface area contributed by atoms with Gasteiger partial charge in [-0.25, -0.2) is 0 Å². The molecule has 0 atom stereocenters. The molecule has 0 aromatic heterocycles. The Labute approximate surface area is 72.1 Å². The van der Waals surface area contributed by atoms with Crippen LogP contribution < -0.4 is 15.2 Å². The highest BCUT2D eigenvalue weighted by Crippen LogP contribution is 2.33. The Balaban J connectivity index is 3.24. The number of nitrogens with two attached hydrogens (primary N) is 1. The summed E-state index contributed by atoms with van der Waals surface area (Å²) in [6.07, 6.45) is 0. The second-order valence-electron chi connectivity index (χ2n) is 2.53. The summed E-state index contributed by atoms with van der Waals surface area (Å²) >= 11 is 0. The maximum atomic E-state index is 5.76. The van der Waals surface area contributed by atoms with Gasteiger partial charge in [0.25, 0.3) is 0 Å². The van der Waals surface area contributed by atoms with Crippen molar-refractivity contribution in [3.63, 3.8) is 0 Å². The van der Waals surface area contributed by atoms with E-state index in [9.17, 15) is 0 Å². The Kier molecular flexibility index (Phi) is 2.43. The number of benzene rings is 1. The van der Waals surface area contributed by atoms with Crippen molar-refractivity contribution in [2.24, 2.45) is 0 Å². The van der Waals surface area contributed by atoms with E-state index in [0.717, 1.165) is 5.56 Å². The minimum Gasteiger partial charge on any atom is -0.494 e. The van der Waals surface area contributed by atoms with E-state index in [1.165, 1.54) is 0 Å². The maximum absolute atomic E-state index is 5.76. The Morgan fingerprint density at radius 1 is 1.17 bits per heavy atom. The first-order valence-corrected chi connectivity index (χ1v) is 3.67. The highest BCUT2D eigenvalue weighted by atomic mass is 16.5. The fraction of sp³-hybridized carbons (Fsp3) is 0.333. The third-order valence-corrected chi connectivity index (χ3v) is 1.78. The lowest BCUT2D eigenvalue weighted by Gasteiger charge is -2.10. The van der Waals surface area contributed by atoms with E-state index in [4.69, 9.17) is 15.2 Å². The van der Waals surface area contributed by atoms with Gasteiger partial charge in [-0.3, -0.25) is 0 Å². The number of hydrogen-bond acceptors (Lipinski definition) is 3. The maximum Gasteiger partial charge on any atom is 0.148 e. The van der Waals surface area contributed by atoms with Crippen LogP contribution in [0.25, 0.3) is 0 Å². The standard InChI is InChI=1S/C9H13NO2/c1-6-4-5-7(11-2)8(10)9(6)12-3/h4-5H,10H2,1-3H3. The van der Waals surface area contributed by atoms with Crippen LogP contribution in [0.5, 0.6) is 11.5 Å². The van der Waals surface area contributed by atoms with Crippen molar-refractivity contribution in [1.29, 1.82) is 0 Å². The summed E-state index contributed by atoms with van der Waals surface area (Å²) in [7, 11) is 3.18. The molecular formula is C9H13NO2. The van der Waals surface area contributed by atoms with Crippen LogP contribution in [0.4, 0.5) is 5.69 Å². The molecule has 0 saturated heterocycles. The molecule has 0 unspecified atom stereocenters. The number of rotatable bonds is 2. The summed E-state index contributed by atoms with van der Waals surface area (Å²) in [6, 6.07) is 3.74. The molecule has 0 amide bonds. The Morgan fingerprint density at radius 2 is 1.83 bits per heavy atom. The third-order valence-electron chi connectivity index (χ3n) is 1.78. The van der Waals surface area contributed by atoms with Crippen LogP contribution in [0.3, 0.4) is 0 Å². The molecule has 0 radical (unpaired) electrons. The summed E-state index contributed by atoms with van der Waals surface area (Å²) in [5, 5.41) is 0. The van der Waals surface area contributed by atoms with Gasteiger partial charge in [0.15, 0.2) is 0 Å². The molecule has 0 fully saturated rings. The van der Waals surface area contributed by atoms with E-state index in [2.05, 4.69) is 0 Å². The smallest absolute Gasteiger partial charge is 0.148 e. The minimum atomic E-state index is 0.556. The number of aryl methyl sites for hydroxylation is 1. The average Bonchev–Trinajstić information content (AvgIpc) is 2.06. The summed E-state index contributed by atoms with van der Waals surface area (Å²) in [4.78, 5) is 0. The normalized spacial score (nSPS) is 9.58. The summed E-state index contributed by atoms with van der Waals surface area (Å²) in [5.41, 5.74) is 7.32. The van der Waals surface area contributed by atoms with Crippen LogP contribution in [0.15, 0.2) is 12.1 Å². The largest absolute Gasteiger partial charge is 0.494 e. The first-order chi connectivity index (χ1) is 5.70. The molecule has 12 heavy (non-hydrogen) atoms. The zero-order valence-electron chi connectivity index (χ0n) is 7.55. The van der Waals surface area contributed by atoms with Gasteiger partial charge >= 0.3 is 0 Å². The Bertz CT molecular complexity index is 284. The highest BCUT2D eigenvalue weighted by molar-refractivity contribution is 5.65. The molecule has 0 spiro atoms. The predicted molar refractivity (Wildman–Crippen MR) is 48.7 cm³/mol. The molecular weight excluding hydrogens is 154 g/mol. The van der Waals surface area contributed by atoms with Crippen LogP contribution in [-0.2, 0) is 0 Å². The number of hydrogen-bond donors (Lipinski definition) is 1.